The van der Waals surface area contributed by atoms with Gasteiger partial charge in [-0.25, -0.2) is 14.7 Å². The second kappa shape index (κ2) is 31.3. The fourth-order valence-electron chi connectivity index (χ4n) is 16.8. The molecule has 0 bridgehead atoms. The molecule has 568 valence electrons. The number of fused-ring (bicyclic) bond motifs is 4. The molecule has 0 unspecified atom stereocenters. The van der Waals surface area contributed by atoms with E-state index in [1.54, 1.807) is 24.3 Å². The van der Waals surface area contributed by atoms with Gasteiger partial charge in [-0.3, -0.25) is 28.8 Å². The van der Waals surface area contributed by atoms with E-state index in [0.717, 1.165) is 65.7 Å². The zero-order valence-corrected chi connectivity index (χ0v) is 66.8. The van der Waals surface area contributed by atoms with E-state index in [1.165, 1.54) is 25.5 Å². The van der Waals surface area contributed by atoms with Crippen molar-refractivity contribution < 1.29 is 47.7 Å². The van der Waals surface area contributed by atoms with Crippen molar-refractivity contribution in [2.75, 3.05) is 14.7 Å². The Morgan fingerprint density at radius 1 is 0.200 bits per heavy atom. The van der Waals surface area contributed by atoms with Crippen LogP contribution in [0.4, 0.5) is 17.1 Å². The predicted molar refractivity (Wildman–Crippen MR) is 468 cm³/mol. The number of carbonyl (C=O) groups excluding carboxylic acids is 6. The molecular formula is C102H85N3O10. The van der Waals surface area contributed by atoms with E-state index in [9.17, 15) is 9.59 Å². The number of para-hydroxylation sites is 7. The molecule has 17 aromatic carbocycles. The molecule has 0 saturated heterocycles. The molecule has 6 amide bonds. The summed E-state index contributed by atoms with van der Waals surface area (Å²) in [4.78, 5) is 93.7. The lowest BCUT2D eigenvalue weighted by Gasteiger charge is -2.33. The molecule has 0 aromatic heterocycles. The minimum absolute atomic E-state index is 0.208. The van der Waals surface area contributed by atoms with Crippen molar-refractivity contribution >= 4 is 139 Å². The Hall–Kier alpha value is -14.0. The molecule has 0 saturated carbocycles. The summed E-state index contributed by atoms with van der Waals surface area (Å²) in [6.07, 6.45) is 0. The summed E-state index contributed by atoms with van der Waals surface area (Å²) < 4.78 is 28.1. The van der Waals surface area contributed by atoms with Crippen LogP contribution in [0.5, 0.6) is 46.0 Å². The highest BCUT2D eigenvalue weighted by molar-refractivity contribution is 6.49. The lowest BCUT2D eigenvalue weighted by molar-refractivity contribution is 0.0877. The summed E-state index contributed by atoms with van der Waals surface area (Å²) in [5.74, 6) is 0.0982. The maximum Gasteiger partial charge on any atom is 0.266 e. The van der Waals surface area contributed by atoms with Gasteiger partial charge in [-0.1, -0.05) is 231 Å². The molecule has 13 heteroatoms. The highest BCUT2D eigenvalue weighted by Crippen LogP contribution is 2.59. The number of imide groups is 3. The third kappa shape index (κ3) is 12.4. The Morgan fingerprint density at radius 2 is 0.426 bits per heavy atom. The number of rotatable bonds is 11. The Labute approximate surface area is 667 Å². The van der Waals surface area contributed by atoms with Crippen molar-refractivity contribution in [3.05, 3.63) is 328 Å². The smallest absolute Gasteiger partial charge is 0.266 e. The van der Waals surface area contributed by atoms with Gasteiger partial charge in [0.2, 0.25) is 0 Å². The zero-order chi connectivity index (χ0) is 80.9. The van der Waals surface area contributed by atoms with Crippen molar-refractivity contribution in [2.45, 2.75) is 96.9 Å². The third-order valence-corrected chi connectivity index (χ3v) is 21.3. The lowest BCUT2D eigenvalue weighted by atomic mass is 9.80. The van der Waals surface area contributed by atoms with Gasteiger partial charge in [0, 0.05) is 59.6 Å². The van der Waals surface area contributed by atoms with Gasteiger partial charge in [0.15, 0.2) is 0 Å². The molecule has 0 aliphatic carbocycles. The molecular weight excluding hydrogens is 1430 g/mol. The van der Waals surface area contributed by atoms with Crippen molar-refractivity contribution in [1.29, 1.82) is 0 Å². The predicted octanol–water partition coefficient (Wildman–Crippen LogP) is 27.0. The minimum atomic E-state index is -0.549. The van der Waals surface area contributed by atoms with Crippen molar-refractivity contribution in [1.82, 2.24) is 0 Å². The minimum Gasteiger partial charge on any atom is -0.457 e. The van der Waals surface area contributed by atoms with Crippen LogP contribution >= 0.6 is 0 Å². The van der Waals surface area contributed by atoms with E-state index in [0.29, 0.717) is 94.3 Å². The van der Waals surface area contributed by atoms with Crippen molar-refractivity contribution in [2.24, 2.45) is 0 Å². The van der Waals surface area contributed by atoms with E-state index >= 15 is 19.2 Å². The Bertz CT molecular complexity index is 6130. The first-order valence-electron chi connectivity index (χ1n) is 39.4. The van der Waals surface area contributed by atoms with E-state index in [4.69, 9.17) is 18.9 Å². The molecule has 0 spiro atoms. The van der Waals surface area contributed by atoms with Gasteiger partial charge in [-0.2, -0.15) is 0 Å². The molecule has 3 aliphatic rings. The van der Waals surface area contributed by atoms with Gasteiger partial charge in [0.25, 0.3) is 35.4 Å². The standard InChI is InChI=1S/C64H42N2O8.C30H19NO2.4C2H6/c1-35-19-17-20-36(2)59(35)65-61(67)43-31-47(71-39-23-9-5-10-24-39)53-55-49(73-41-27-13-7-14-28-41)33-45-52-46(64(70)66(63(45)69)60-37(3)21-18-22-38(60)4)34-50(74-42-29-15-8-16-30-42)56(58(52)55)54-48(72-40-25-11-6-12-26-40)32-44(62(65)68)51(43)57(53)54;1-16-6-3-7-17(2)28(16)31-29(32)23-14-12-21-19-10-4-8-18-9-5-11-20(25(18)19)22-13-15-24(30(31)33)27(23)26(21)22;4*1-2/h5-34H,1-4H3;3-15H,1-2H3;4*1-2H3. The molecule has 0 fully saturated rings. The van der Waals surface area contributed by atoms with Crippen LogP contribution < -0.4 is 33.6 Å². The fraction of sp³-hybridized carbons (Fsp3) is 0.137. The molecule has 3 aliphatic heterocycles. The van der Waals surface area contributed by atoms with Crippen molar-refractivity contribution in [3.63, 3.8) is 0 Å². The number of benzene rings is 17. The number of aryl methyl sites for hydroxylation is 6. The Kier molecular flexibility index (Phi) is 20.7. The van der Waals surface area contributed by atoms with E-state index < -0.39 is 23.6 Å². The molecule has 115 heavy (non-hydrogen) atoms. The molecule has 20 rings (SSSR count). The highest BCUT2D eigenvalue weighted by Gasteiger charge is 2.44. The number of ether oxygens (including phenoxy) is 4. The largest absolute Gasteiger partial charge is 0.457 e. The fourth-order valence-corrected chi connectivity index (χ4v) is 16.8. The second-order valence-electron chi connectivity index (χ2n) is 27.7. The summed E-state index contributed by atoms with van der Waals surface area (Å²) >= 11 is 0. The number of anilines is 3. The molecule has 0 radical (unpaired) electrons. The monoisotopic (exact) mass is 1510 g/mol. The van der Waals surface area contributed by atoms with Crippen molar-refractivity contribution in [3.8, 4) is 46.0 Å². The topological polar surface area (TPSA) is 149 Å². The van der Waals surface area contributed by atoms with Crippen LogP contribution in [0.3, 0.4) is 0 Å². The maximum absolute atomic E-state index is 15.6. The van der Waals surface area contributed by atoms with E-state index in [-0.39, 0.29) is 57.1 Å². The van der Waals surface area contributed by atoms with Gasteiger partial charge >= 0.3 is 0 Å². The first-order chi connectivity index (χ1) is 56.1. The number of hydrogen-bond donors (Lipinski definition) is 0. The van der Waals surface area contributed by atoms with Crippen LogP contribution in [0.2, 0.25) is 0 Å². The summed E-state index contributed by atoms with van der Waals surface area (Å²) in [6.45, 7) is 27.4. The lowest BCUT2D eigenvalue weighted by Crippen LogP contribution is -2.41. The SMILES string of the molecule is CC.CC.CC.CC.Cc1cccc(C)c1N1C(=O)c2cc(Oc3ccccc3)c3c4c(Oc5ccccc5)cc5c6c(cc(Oc7ccccc7)c(c7c(Oc8ccccc8)cc(c2c37)C1=O)c64)C(=O)N(c1c(C)cccc1C)C5=O.Cc1cccc(C)c1N1C(=O)c2ccc3c4cccc5cccc(c6ccc(c2c36)C1=O)c54. The first kappa shape index (κ1) is 76.3. The third-order valence-electron chi connectivity index (χ3n) is 21.3. The summed E-state index contributed by atoms with van der Waals surface area (Å²) in [7, 11) is 0. The molecule has 0 N–H and O–H groups in total. The van der Waals surface area contributed by atoms with Crippen LogP contribution in [-0.4, -0.2) is 35.4 Å². The number of amides is 6. The average molecular weight is 1510 g/mol. The van der Waals surface area contributed by atoms with Gasteiger partial charge < -0.3 is 18.9 Å². The normalized spacial score (nSPS) is 12.7. The quantitative estimate of drug-likeness (QED) is 0.0696. The first-order valence-corrected chi connectivity index (χ1v) is 39.4. The van der Waals surface area contributed by atoms with Gasteiger partial charge in [-0.05, 0) is 198 Å². The molecule has 3 heterocycles. The van der Waals surface area contributed by atoms with E-state index in [2.05, 4.69) is 36.4 Å². The molecule has 13 nitrogen and oxygen atoms in total. The second-order valence-corrected chi connectivity index (χ2v) is 27.7. The van der Waals surface area contributed by atoms with Crippen LogP contribution in [0.25, 0.3) is 86.2 Å². The Balaban J connectivity index is 0.000000210. The average Bonchev–Trinajstić information content (AvgIpc) is 0.678. The summed E-state index contributed by atoms with van der Waals surface area (Å²) in [5.41, 5.74) is 8.40. The van der Waals surface area contributed by atoms with Gasteiger partial charge in [-0.15, -0.1) is 0 Å². The van der Waals surface area contributed by atoms with Gasteiger partial charge in [0.05, 0.1) is 39.3 Å². The Morgan fingerprint density at radius 3 is 0.687 bits per heavy atom. The molecule has 0 atom stereocenters. The van der Waals surface area contributed by atoms with Crippen LogP contribution in [0.1, 0.15) is 151 Å². The number of carbonyl (C=O) groups is 6. The zero-order valence-electron chi connectivity index (χ0n) is 66.8. The maximum atomic E-state index is 15.6. The van der Waals surface area contributed by atoms with Crippen LogP contribution in [0, 0.1) is 41.5 Å². The molecule has 17 aromatic rings. The summed E-state index contributed by atoms with van der Waals surface area (Å²) in [5, 5.41) is 12.0. The summed E-state index contributed by atoms with van der Waals surface area (Å²) in [6, 6.07) is 81.3. The van der Waals surface area contributed by atoms with Crippen LogP contribution in [0.15, 0.2) is 261 Å². The van der Waals surface area contributed by atoms with Gasteiger partial charge in [0.1, 0.15) is 46.0 Å². The number of nitrogens with zero attached hydrogens (tertiary/aromatic N) is 3. The highest BCUT2D eigenvalue weighted by atomic mass is 16.5. The number of hydrogen-bond acceptors (Lipinski definition) is 10. The van der Waals surface area contributed by atoms with Crippen LogP contribution in [-0.2, 0) is 0 Å². The van der Waals surface area contributed by atoms with E-state index in [1.807, 2.05) is 297 Å².